The minimum absolute atomic E-state index is 0.0292. The van der Waals surface area contributed by atoms with Gasteiger partial charge in [0.05, 0.1) is 45.6 Å². The molecule has 1 aliphatic heterocycles. The van der Waals surface area contributed by atoms with Crippen molar-refractivity contribution in [1.29, 1.82) is 0 Å². The number of esters is 1. The molecular weight excluding hydrogens is 356 g/mol. The van der Waals surface area contributed by atoms with Crippen LogP contribution in [0.15, 0.2) is 12.1 Å². The number of quaternary nitrogens is 1. The number of likely N-dealkylation sites (N-methyl/N-ethyl adjacent to an activating group) is 1. The standard InChI is InChI=1S/C22H32N2O4/c1-16-14-17(27-3)15-18(20(25)28-4)19(16)23-21(26)22(10-9-11-22)24(2)12-7-5-6-8-13-24/h14-15H,5-13H2,1-4H3/p+1. The molecule has 0 bridgehead atoms. The molecule has 2 fully saturated rings. The molecule has 0 aromatic heterocycles. The molecule has 2 aliphatic rings. The van der Waals surface area contributed by atoms with Gasteiger partial charge in [-0.25, -0.2) is 4.79 Å². The molecule has 1 saturated heterocycles. The van der Waals surface area contributed by atoms with Crippen LogP contribution in [0.4, 0.5) is 5.69 Å². The highest BCUT2D eigenvalue weighted by molar-refractivity contribution is 6.05. The Hall–Kier alpha value is -2.08. The molecule has 6 heteroatoms. The van der Waals surface area contributed by atoms with Gasteiger partial charge in [-0.3, -0.25) is 4.79 Å². The Labute approximate surface area is 167 Å². The summed E-state index contributed by atoms with van der Waals surface area (Å²) in [5.41, 5.74) is 1.26. The van der Waals surface area contributed by atoms with E-state index in [9.17, 15) is 9.59 Å². The molecule has 1 heterocycles. The van der Waals surface area contributed by atoms with Crippen molar-refractivity contribution in [3.8, 4) is 5.75 Å². The zero-order valence-corrected chi connectivity index (χ0v) is 17.6. The fourth-order valence-electron chi connectivity index (χ4n) is 4.88. The van der Waals surface area contributed by atoms with Gasteiger partial charge < -0.3 is 19.3 Å². The lowest BCUT2D eigenvalue weighted by atomic mass is 9.72. The summed E-state index contributed by atoms with van der Waals surface area (Å²) in [6.45, 7) is 3.96. The van der Waals surface area contributed by atoms with Crippen LogP contribution in [0.2, 0.25) is 0 Å². The molecule has 0 atom stereocenters. The smallest absolute Gasteiger partial charge is 0.340 e. The van der Waals surface area contributed by atoms with Gasteiger partial charge in [0, 0.05) is 12.8 Å². The molecule has 1 aromatic carbocycles. The number of carbonyl (C=O) groups is 2. The van der Waals surface area contributed by atoms with Gasteiger partial charge >= 0.3 is 5.97 Å². The highest BCUT2D eigenvalue weighted by Crippen LogP contribution is 2.44. The first-order valence-electron chi connectivity index (χ1n) is 10.3. The van der Waals surface area contributed by atoms with Crippen LogP contribution >= 0.6 is 0 Å². The van der Waals surface area contributed by atoms with Crippen molar-refractivity contribution in [1.82, 2.24) is 0 Å². The normalized spacial score (nSPS) is 20.4. The van der Waals surface area contributed by atoms with Gasteiger partial charge in [-0.1, -0.05) is 0 Å². The van der Waals surface area contributed by atoms with Gasteiger partial charge in [0.15, 0.2) is 5.54 Å². The van der Waals surface area contributed by atoms with E-state index in [0.717, 1.165) is 42.4 Å². The molecule has 1 amide bonds. The highest BCUT2D eigenvalue weighted by atomic mass is 16.5. The van der Waals surface area contributed by atoms with E-state index in [4.69, 9.17) is 9.47 Å². The van der Waals surface area contributed by atoms with E-state index in [1.807, 2.05) is 13.0 Å². The van der Waals surface area contributed by atoms with Crippen molar-refractivity contribution < 1.29 is 23.5 Å². The zero-order valence-electron chi connectivity index (χ0n) is 17.6. The van der Waals surface area contributed by atoms with Crippen molar-refractivity contribution in [2.75, 3.05) is 39.7 Å². The maximum absolute atomic E-state index is 13.6. The molecule has 1 saturated carbocycles. The van der Waals surface area contributed by atoms with Gasteiger partial charge in [0.2, 0.25) is 0 Å². The van der Waals surface area contributed by atoms with Gasteiger partial charge in [-0.15, -0.1) is 0 Å². The van der Waals surface area contributed by atoms with Crippen molar-refractivity contribution in [3.63, 3.8) is 0 Å². The Kier molecular flexibility index (Phi) is 5.98. The largest absolute Gasteiger partial charge is 0.497 e. The molecule has 1 N–H and O–H groups in total. The van der Waals surface area contributed by atoms with Crippen molar-refractivity contribution in [2.24, 2.45) is 0 Å². The fourth-order valence-corrected chi connectivity index (χ4v) is 4.88. The molecule has 0 spiro atoms. The predicted octanol–water partition coefficient (Wildman–Crippen LogP) is 3.67. The molecule has 0 radical (unpaired) electrons. The van der Waals surface area contributed by atoms with Crippen LogP contribution in [0.3, 0.4) is 0 Å². The summed E-state index contributed by atoms with van der Waals surface area (Å²) in [5, 5.41) is 3.12. The third-order valence-corrected chi connectivity index (χ3v) is 6.88. The Balaban J connectivity index is 1.94. The van der Waals surface area contributed by atoms with Crippen LogP contribution in [-0.4, -0.2) is 56.3 Å². The van der Waals surface area contributed by atoms with E-state index in [2.05, 4.69) is 12.4 Å². The second-order valence-corrected chi connectivity index (χ2v) is 8.46. The quantitative estimate of drug-likeness (QED) is 0.616. The number of rotatable bonds is 5. The maximum atomic E-state index is 13.6. The van der Waals surface area contributed by atoms with Gasteiger partial charge in [-0.2, -0.15) is 0 Å². The van der Waals surface area contributed by atoms with E-state index in [1.54, 1.807) is 13.2 Å². The van der Waals surface area contributed by atoms with E-state index < -0.39 is 11.5 Å². The van der Waals surface area contributed by atoms with Gasteiger partial charge in [-0.05, 0) is 56.7 Å². The van der Waals surface area contributed by atoms with Gasteiger partial charge in [0.1, 0.15) is 5.75 Å². The number of nitrogens with zero attached hydrogens (tertiary/aromatic N) is 1. The molecule has 28 heavy (non-hydrogen) atoms. The SMILES string of the molecule is COC(=O)c1cc(OC)cc(C)c1NC(=O)C1([N+]2(C)CCCCCC2)CCC1. The molecule has 1 aliphatic carbocycles. The van der Waals surface area contributed by atoms with E-state index in [1.165, 1.54) is 32.8 Å². The molecule has 0 unspecified atom stereocenters. The van der Waals surface area contributed by atoms with Crippen LogP contribution in [-0.2, 0) is 9.53 Å². The molecular formula is C22H33N2O4+. The lowest BCUT2D eigenvalue weighted by Crippen LogP contribution is -2.71. The van der Waals surface area contributed by atoms with Crippen molar-refractivity contribution in [2.45, 2.75) is 57.4 Å². The third-order valence-electron chi connectivity index (χ3n) is 6.88. The lowest BCUT2D eigenvalue weighted by molar-refractivity contribution is -0.954. The number of methoxy groups -OCH3 is 2. The number of aryl methyl sites for hydroxylation is 1. The van der Waals surface area contributed by atoms with Crippen LogP contribution in [0, 0.1) is 6.92 Å². The lowest BCUT2D eigenvalue weighted by Gasteiger charge is -2.54. The van der Waals surface area contributed by atoms with Crippen LogP contribution in [0.25, 0.3) is 0 Å². The number of amides is 1. The molecule has 154 valence electrons. The summed E-state index contributed by atoms with van der Waals surface area (Å²) in [6, 6.07) is 3.46. The summed E-state index contributed by atoms with van der Waals surface area (Å²) in [7, 11) is 5.15. The highest BCUT2D eigenvalue weighted by Gasteiger charge is 2.58. The van der Waals surface area contributed by atoms with E-state index in [0.29, 0.717) is 17.0 Å². The summed E-state index contributed by atoms with van der Waals surface area (Å²) < 4.78 is 11.0. The van der Waals surface area contributed by atoms with E-state index in [-0.39, 0.29) is 5.91 Å². The maximum Gasteiger partial charge on any atom is 0.340 e. The molecule has 6 nitrogen and oxygen atoms in total. The number of nitrogens with one attached hydrogen (secondary N) is 1. The number of ether oxygens (including phenoxy) is 2. The number of benzene rings is 1. The monoisotopic (exact) mass is 389 g/mol. The van der Waals surface area contributed by atoms with Gasteiger partial charge in [0.25, 0.3) is 5.91 Å². The molecule has 1 aromatic rings. The summed E-state index contributed by atoms with van der Waals surface area (Å²) in [4.78, 5) is 25.9. The van der Waals surface area contributed by atoms with Crippen LogP contribution < -0.4 is 10.1 Å². The van der Waals surface area contributed by atoms with E-state index >= 15 is 0 Å². The number of hydrogen-bond donors (Lipinski definition) is 1. The average molecular weight is 390 g/mol. The predicted molar refractivity (Wildman–Crippen MR) is 109 cm³/mol. The Morgan fingerprint density at radius 3 is 2.18 bits per heavy atom. The summed E-state index contributed by atoms with van der Waals surface area (Å²) in [6.07, 6.45) is 7.70. The second kappa shape index (κ2) is 8.11. The number of carbonyl (C=O) groups excluding carboxylic acids is 2. The Morgan fingerprint density at radius 2 is 1.68 bits per heavy atom. The van der Waals surface area contributed by atoms with Crippen molar-refractivity contribution >= 4 is 17.6 Å². The van der Waals surface area contributed by atoms with Crippen LogP contribution in [0.5, 0.6) is 5.75 Å². The minimum Gasteiger partial charge on any atom is -0.497 e. The Morgan fingerprint density at radius 1 is 1.04 bits per heavy atom. The topological polar surface area (TPSA) is 64.6 Å². The number of anilines is 1. The van der Waals surface area contributed by atoms with Crippen LogP contribution in [0.1, 0.15) is 60.9 Å². The first-order chi connectivity index (χ1) is 13.4. The molecule has 3 rings (SSSR count). The summed E-state index contributed by atoms with van der Waals surface area (Å²) in [5.74, 6) is 0.123. The first-order valence-corrected chi connectivity index (χ1v) is 10.3. The summed E-state index contributed by atoms with van der Waals surface area (Å²) >= 11 is 0. The number of likely N-dealkylation sites (tertiary alicyclic amines) is 1. The second-order valence-electron chi connectivity index (χ2n) is 8.46. The zero-order chi connectivity index (χ0) is 20.4. The fraction of sp³-hybridized carbons (Fsp3) is 0.636. The number of hydrogen-bond acceptors (Lipinski definition) is 4. The minimum atomic E-state index is -0.477. The first kappa shape index (κ1) is 20.6. The van der Waals surface area contributed by atoms with Crippen molar-refractivity contribution in [3.05, 3.63) is 23.3 Å². The third kappa shape index (κ3) is 3.50. The Bertz CT molecular complexity index is 747. The average Bonchev–Trinajstić information content (AvgIpc) is 2.86.